The van der Waals surface area contributed by atoms with Gasteiger partial charge in [-0.25, -0.2) is 0 Å². The summed E-state index contributed by atoms with van der Waals surface area (Å²) in [5.41, 5.74) is 2.54. The second-order valence-corrected chi connectivity index (χ2v) is 5.39. The van der Waals surface area contributed by atoms with Crippen LogP contribution in [-0.2, 0) is 6.54 Å². The van der Waals surface area contributed by atoms with Gasteiger partial charge < -0.3 is 10.1 Å². The van der Waals surface area contributed by atoms with Crippen molar-refractivity contribution >= 4 is 15.9 Å². The Kier molecular flexibility index (Phi) is 7.06. The molecule has 18 heavy (non-hydrogen) atoms. The van der Waals surface area contributed by atoms with Crippen LogP contribution in [0.1, 0.15) is 32.8 Å². The van der Waals surface area contributed by atoms with Crippen LogP contribution in [-0.4, -0.2) is 13.2 Å². The highest BCUT2D eigenvalue weighted by atomic mass is 79.9. The molecule has 3 heteroatoms. The lowest BCUT2D eigenvalue weighted by molar-refractivity contribution is 0.359. The van der Waals surface area contributed by atoms with Crippen LogP contribution >= 0.6 is 15.9 Å². The van der Waals surface area contributed by atoms with Crippen molar-refractivity contribution in [2.24, 2.45) is 0 Å². The van der Waals surface area contributed by atoms with Crippen LogP contribution in [0.3, 0.4) is 0 Å². The van der Waals surface area contributed by atoms with Crippen LogP contribution in [0, 0.1) is 0 Å². The smallest absolute Gasteiger partial charge is 0.133 e. The number of hydrogen-bond donors (Lipinski definition) is 1. The first-order chi connectivity index (χ1) is 8.63. The van der Waals surface area contributed by atoms with Crippen molar-refractivity contribution < 1.29 is 4.74 Å². The van der Waals surface area contributed by atoms with E-state index in [9.17, 15) is 0 Å². The van der Waals surface area contributed by atoms with Crippen molar-refractivity contribution in [3.05, 3.63) is 39.9 Å². The van der Waals surface area contributed by atoms with Gasteiger partial charge >= 0.3 is 0 Å². The summed E-state index contributed by atoms with van der Waals surface area (Å²) in [4.78, 5) is 0. The minimum atomic E-state index is 0.619. The van der Waals surface area contributed by atoms with E-state index in [2.05, 4.69) is 60.2 Å². The molecule has 2 nitrogen and oxygen atoms in total. The van der Waals surface area contributed by atoms with Crippen molar-refractivity contribution in [3.8, 4) is 5.75 Å². The van der Waals surface area contributed by atoms with E-state index in [1.54, 1.807) is 0 Å². The minimum Gasteiger partial charge on any atom is -0.488 e. The van der Waals surface area contributed by atoms with Crippen LogP contribution in [0.2, 0.25) is 0 Å². The Labute approximate surface area is 119 Å². The third-order valence-electron chi connectivity index (χ3n) is 2.48. The fourth-order valence-corrected chi connectivity index (χ4v) is 2.02. The summed E-state index contributed by atoms with van der Waals surface area (Å²) in [5, 5.41) is 3.38. The van der Waals surface area contributed by atoms with Crippen LogP contribution in [0.15, 0.2) is 34.3 Å². The van der Waals surface area contributed by atoms with Crippen molar-refractivity contribution in [3.63, 3.8) is 0 Å². The molecule has 1 aromatic rings. The van der Waals surface area contributed by atoms with Gasteiger partial charge in [0.2, 0.25) is 0 Å². The van der Waals surface area contributed by atoms with Gasteiger partial charge in [-0.15, -0.1) is 0 Å². The highest BCUT2D eigenvalue weighted by Crippen LogP contribution is 2.26. The molecule has 100 valence electrons. The Balaban J connectivity index is 2.53. The lowest BCUT2D eigenvalue weighted by Crippen LogP contribution is -2.13. The summed E-state index contributed by atoms with van der Waals surface area (Å²) in [7, 11) is 0. The molecule has 1 rings (SSSR count). The average molecular weight is 312 g/mol. The van der Waals surface area contributed by atoms with Gasteiger partial charge in [0.25, 0.3) is 0 Å². The molecule has 0 aliphatic heterocycles. The first-order valence-electron chi connectivity index (χ1n) is 6.38. The molecular formula is C15H22BrNO. The molecule has 0 aromatic heterocycles. The molecule has 0 heterocycles. The monoisotopic (exact) mass is 311 g/mol. The Morgan fingerprint density at radius 1 is 1.39 bits per heavy atom. The number of halogens is 1. The Morgan fingerprint density at radius 2 is 2.17 bits per heavy atom. The van der Waals surface area contributed by atoms with Crippen molar-refractivity contribution in [2.45, 2.75) is 33.7 Å². The van der Waals surface area contributed by atoms with Crippen LogP contribution < -0.4 is 10.1 Å². The molecule has 0 aliphatic carbocycles. The van der Waals surface area contributed by atoms with Crippen molar-refractivity contribution in [1.29, 1.82) is 0 Å². The van der Waals surface area contributed by atoms with Crippen LogP contribution in [0.5, 0.6) is 5.75 Å². The van der Waals surface area contributed by atoms with Crippen LogP contribution in [0.25, 0.3) is 0 Å². The molecular weight excluding hydrogens is 290 g/mol. The zero-order valence-corrected chi connectivity index (χ0v) is 13.0. The molecule has 0 unspecified atom stereocenters. The van der Waals surface area contributed by atoms with E-state index >= 15 is 0 Å². The van der Waals surface area contributed by atoms with E-state index < -0.39 is 0 Å². The second-order valence-electron chi connectivity index (χ2n) is 4.53. The highest BCUT2D eigenvalue weighted by molar-refractivity contribution is 9.10. The first-order valence-corrected chi connectivity index (χ1v) is 7.18. The molecule has 0 bridgehead atoms. The third-order valence-corrected chi connectivity index (χ3v) is 3.10. The Hall–Kier alpha value is -0.800. The number of allylic oxidation sites excluding steroid dienone is 1. The molecule has 0 radical (unpaired) electrons. The van der Waals surface area contributed by atoms with Gasteiger partial charge in [-0.3, -0.25) is 0 Å². The van der Waals surface area contributed by atoms with Gasteiger partial charge in [-0.05, 0) is 66.5 Å². The van der Waals surface area contributed by atoms with Gasteiger partial charge in [0.1, 0.15) is 12.4 Å². The van der Waals surface area contributed by atoms with E-state index in [-0.39, 0.29) is 0 Å². The predicted molar refractivity (Wildman–Crippen MR) is 81.1 cm³/mol. The Morgan fingerprint density at radius 3 is 2.78 bits per heavy atom. The maximum atomic E-state index is 5.68. The summed E-state index contributed by atoms with van der Waals surface area (Å²) < 4.78 is 6.70. The zero-order chi connectivity index (χ0) is 13.4. The molecule has 0 saturated heterocycles. The molecule has 0 amide bonds. The van der Waals surface area contributed by atoms with Crippen molar-refractivity contribution in [1.82, 2.24) is 5.32 Å². The van der Waals surface area contributed by atoms with Crippen LogP contribution in [0.4, 0.5) is 0 Å². The molecule has 1 N–H and O–H groups in total. The topological polar surface area (TPSA) is 21.3 Å². The number of benzene rings is 1. The standard InChI is InChI=1S/C15H22BrNO/c1-4-8-17-11-13-5-6-15(14(16)10-13)18-9-7-12(2)3/h5-7,10,17H,4,8-9,11H2,1-3H3. The second kappa shape index (κ2) is 8.33. The van der Waals surface area contributed by atoms with E-state index in [4.69, 9.17) is 4.74 Å². The molecule has 0 fully saturated rings. The fourth-order valence-electron chi connectivity index (χ4n) is 1.48. The Bertz CT molecular complexity index is 397. The van der Waals surface area contributed by atoms with Gasteiger partial charge in [0.15, 0.2) is 0 Å². The minimum absolute atomic E-state index is 0.619. The van der Waals surface area contributed by atoms with E-state index in [1.807, 2.05) is 6.07 Å². The predicted octanol–water partition coefficient (Wildman–Crippen LogP) is 4.29. The van der Waals surface area contributed by atoms with Gasteiger partial charge in [0.05, 0.1) is 4.47 Å². The molecule has 1 aromatic carbocycles. The summed E-state index contributed by atoms with van der Waals surface area (Å²) >= 11 is 3.55. The normalized spacial score (nSPS) is 10.2. The summed E-state index contributed by atoms with van der Waals surface area (Å²) in [6.07, 6.45) is 3.23. The van der Waals surface area contributed by atoms with Gasteiger partial charge in [-0.2, -0.15) is 0 Å². The van der Waals surface area contributed by atoms with Crippen molar-refractivity contribution in [2.75, 3.05) is 13.2 Å². The summed E-state index contributed by atoms with van der Waals surface area (Å²) in [5.74, 6) is 0.895. The highest BCUT2D eigenvalue weighted by Gasteiger charge is 2.02. The quantitative estimate of drug-likeness (QED) is 0.599. The number of hydrogen-bond acceptors (Lipinski definition) is 2. The molecule has 0 saturated carbocycles. The first kappa shape index (κ1) is 15.3. The average Bonchev–Trinajstić information content (AvgIpc) is 2.32. The lowest BCUT2D eigenvalue weighted by Gasteiger charge is -2.09. The number of rotatable bonds is 7. The fraction of sp³-hybridized carbons (Fsp3) is 0.467. The third kappa shape index (κ3) is 5.69. The summed E-state index contributed by atoms with van der Waals surface area (Å²) in [6.45, 7) is 8.89. The van der Waals surface area contributed by atoms with E-state index in [0.29, 0.717) is 6.61 Å². The van der Waals surface area contributed by atoms with Gasteiger partial charge in [-0.1, -0.05) is 18.6 Å². The van der Waals surface area contributed by atoms with E-state index in [1.165, 1.54) is 11.1 Å². The molecule has 0 atom stereocenters. The largest absolute Gasteiger partial charge is 0.488 e. The number of ether oxygens (including phenoxy) is 1. The maximum Gasteiger partial charge on any atom is 0.133 e. The summed E-state index contributed by atoms with van der Waals surface area (Å²) in [6, 6.07) is 6.23. The maximum absolute atomic E-state index is 5.68. The SMILES string of the molecule is CCCNCc1ccc(OCC=C(C)C)c(Br)c1. The van der Waals surface area contributed by atoms with Gasteiger partial charge in [0, 0.05) is 6.54 Å². The number of nitrogens with one attached hydrogen (secondary N) is 1. The molecule has 0 aliphatic rings. The lowest BCUT2D eigenvalue weighted by atomic mass is 10.2. The zero-order valence-electron chi connectivity index (χ0n) is 11.4. The molecule has 0 spiro atoms. The van der Waals surface area contributed by atoms with E-state index in [0.717, 1.165) is 29.7 Å².